The summed E-state index contributed by atoms with van der Waals surface area (Å²) in [5.41, 5.74) is 2.01. The average molecular weight is 563 g/mol. The van der Waals surface area contributed by atoms with Crippen molar-refractivity contribution in [1.29, 1.82) is 0 Å². The number of carbonyl (C=O) groups excluding carboxylic acids is 2. The lowest BCUT2D eigenvalue weighted by Crippen LogP contribution is -2.48. The average Bonchev–Trinajstić information content (AvgIpc) is 3.52. The van der Waals surface area contributed by atoms with Crippen LogP contribution in [0.2, 0.25) is 0 Å². The summed E-state index contributed by atoms with van der Waals surface area (Å²) in [6.07, 6.45) is -4.00. The molecule has 0 saturated carbocycles. The van der Waals surface area contributed by atoms with Crippen LogP contribution in [0.4, 0.5) is 18.0 Å². The number of halogens is 3. The summed E-state index contributed by atoms with van der Waals surface area (Å²) in [5.74, 6) is 0.803. The van der Waals surface area contributed by atoms with Crippen LogP contribution in [0.25, 0.3) is 0 Å². The highest BCUT2D eigenvalue weighted by Gasteiger charge is 2.38. The molecule has 216 valence electrons. The lowest BCUT2D eigenvalue weighted by molar-refractivity contribution is -0.141. The van der Waals surface area contributed by atoms with Crippen LogP contribution in [0.5, 0.6) is 11.5 Å². The van der Waals surface area contributed by atoms with E-state index >= 15 is 0 Å². The van der Waals surface area contributed by atoms with Gasteiger partial charge in [0.05, 0.1) is 32.3 Å². The van der Waals surface area contributed by atoms with E-state index in [0.29, 0.717) is 62.7 Å². The predicted octanol–water partition coefficient (Wildman–Crippen LogP) is 5.08. The number of alkyl halides is 3. The molecule has 0 N–H and O–H groups in total. The van der Waals surface area contributed by atoms with Crippen LogP contribution in [-0.2, 0) is 33.4 Å². The molecule has 1 amide bonds. The molecule has 5 rings (SSSR count). The Morgan fingerprint density at radius 3 is 2.52 bits per heavy atom. The number of esters is 1. The van der Waals surface area contributed by atoms with Crippen LogP contribution in [0, 0.1) is 0 Å². The molecule has 40 heavy (non-hydrogen) atoms. The maximum absolute atomic E-state index is 14.1. The van der Waals surface area contributed by atoms with Crippen LogP contribution < -0.4 is 9.47 Å². The van der Waals surface area contributed by atoms with Gasteiger partial charge in [-0.15, -0.1) is 0 Å². The normalized spacial score (nSPS) is 20.5. The first kappa shape index (κ1) is 28.1. The van der Waals surface area contributed by atoms with E-state index in [2.05, 4.69) is 0 Å². The van der Waals surface area contributed by atoms with Gasteiger partial charge in [0.25, 0.3) is 0 Å². The van der Waals surface area contributed by atoms with Gasteiger partial charge in [0.2, 0.25) is 0 Å². The van der Waals surface area contributed by atoms with Crippen molar-refractivity contribution in [3.8, 4) is 11.5 Å². The quantitative estimate of drug-likeness (QED) is 0.436. The van der Waals surface area contributed by atoms with E-state index in [-0.39, 0.29) is 43.1 Å². The smallest absolute Gasteiger partial charge is 0.416 e. The number of ether oxygens (including phenoxy) is 4. The largest absolute Gasteiger partial charge is 0.492 e. The molecule has 2 aromatic carbocycles. The number of benzene rings is 2. The zero-order valence-corrected chi connectivity index (χ0v) is 22.6. The number of hydrogen-bond donors (Lipinski definition) is 0. The van der Waals surface area contributed by atoms with E-state index in [1.54, 1.807) is 17.9 Å². The molecule has 0 radical (unpaired) electrons. The number of rotatable bonds is 7. The van der Waals surface area contributed by atoms with Crippen molar-refractivity contribution >= 4 is 12.1 Å². The Labute approximate surface area is 230 Å². The van der Waals surface area contributed by atoms with Crippen molar-refractivity contribution in [2.75, 3.05) is 46.5 Å². The van der Waals surface area contributed by atoms with Gasteiger partial charge < -0.3 is 23.8 Å². The van der Waals surface area contributed by atoms with E-state index in [0.717, 1.165) is 17.2 Å². The van der Waals surface area contributed by atoms with Crippen molar-refractivity contribution in [2.24, 2.45) is 0 Å². The molecular formula is C29H33F3N2O6. The number of amides is 1. The lowest BCUT2D eigenvalue weighted by Gasteiger charge is -2.35. The van der Waals surface area contributed by atoms with Gasteiger partial charge in [-0.05, 0) is 48.6 Å². The minimum absolute atomic E-state index is 0.0915. The second kappa shape index (κ2) is 11.6. The summed E-state index contributed by atoms with van der Waals surface area (Å²) in [5, 5.41) is 0. The van der Waals surface area contributed by atoms with Crippen LogP contribution in [0.3, 0.4) is 0 Å². The summed E-state index contributed by atoms with van der Waals surface area (Å²) in [7, 11) is 1.35. The molecule has 11 heteroatoms. The van der Waals surface area contributed by atoms with Gasteiger partial charge >= 0.3 is 18.2 Å². The SMILES string of the molecule is CCOC(=O)N1CCN(Cc2c(C(F)(F)F)ccc3c2CC[C@H]3Oc2ccc3c(c2)OC[C@H]3CC(=O)OC)CC1. The topological polar surface area (TPSA) is 77.5 Å². The van der Waals surface area contributed by atoms with Crippen LogP contribution in [0.1, 0.15) is 59.6 Å². The van der Waals surface area contributed by atoms with E-state index < -0.39 is 17.8 Å². The number of nitrogens with zero attached hydrogens (tertiary/aromatic N) is 2. The molecule has 2 aliphatic heterocycles. The number of methoxy groups -OCH3 is 1. The highest BCUT2D eigenvalue weighted by atomic mass is 19.4. The molecular weight excluding hydrogens is 529 g/mol. The number of hydrogen-bond acceptors (Lipinski definition) is 7. The molecule has 0 unspecified atom stereocenters. The number of fused-ring (bicyclic) bond motifs is 2. The van der Waals surface area contributed by atoms with Crippen LogP contribution in [-0.4, -0.2) is 68.4 Å². The Bertz CT molecular complexity index is 1260. The second-order valence-corrected chi connectivity index (χ2v) is 10.3. The first-order chi connectivity index (χ1) is 19.2. The fourth-order valence-electron chi connectivity index (χ4n) is 5.78. The molecule has 1 fully saturated rings. The third kappa shape index (κ3) is 5.84. The van der Waals surface area contributed by atoms with Gasteiger partial charge in [-0.25, -0.2) is 4.79 Å². The maximum atomic E-state index is 14.1. The molecule has 1 saturated heterocycles. The van der Waals surface area contributed by atoms with Crippen molar-refractivity contribution < 1.29 is 41.7 Å². The monoisotopic (exact) mass is 562 g/mol. The summed E-state index contributed by atoms with van der Waals surface area (Å²) in [4.78, 5) is 27.3. The van der Waals surface area contributed by atoms with Crippen molar-refractivity contribution in [1.82, 2.24) is 9.80 Å². The molecule has 0 bridgehead atoms. The van der Waals surface area contributed by atoms with Gasteiger partial charge in [-0.1, -0.05) is 12.1 Å². The van der Waals surface area contributed by atoms with Crippen LogP contribution in [0.15, 0.2) is 30.3 Å². The summed E-state index contributed by atoms with van der Waals surface area (Å²) in [6.45, 7) is 4.28. The van der Waals surface area contributed by atoms with E-state index in [1.165, 1.54) is 13.2 Å². The van der Waals surface area contributed by atoms with Crippen molar-refractivity contribution in [2.45, 2.75) is 50.9 Å². The summed E-state index contributed by atoms with van der Waals surface area (Å²) < 4.78 is 64.1. The molecule has 0 aromatic heterocycles. The zero-order valence-electron chi connectivity index (χ0n) is 22.6. The highest BCUT2D eigenvalue weighted by molar-refractivity contribution is 5.71. The lowest BCUT2D eigenvalue weighted by atomic mass is 9.96. The third-order valence-electron chi connectivity index (χ3n) is 7.84. The fraction of sp³-hybridized carbons (Fsp3) is 0.517. The maximum Gasteiger partial charge on any atom is 0.416 e. The van der Waals surface area contributed by atoms with Crippen molar-refractivity contribution in [3.63, 3.8) is 0 Å². The van der Waals surface area contributed by atoms with Gasteiger partial charge in [0.1, 0.15) is 17.6 Å². The van der Waals surface area contributed by atoms with E-state index in [4.69, 9.17) is 18.9 Å². The molecule has 2 atom stereocenters. The van der Waals surface area contributed by atoms with Crippen LogP contribution >= 0.6 is 0 Å². The van der Waals surface area contributed by atoms with Crippen molar-refractivity contribution in [3.05, 3.63) is 58.1 Å². The fourth-order valence-corrected chi connectivity index (χ4v) is 5.78. The molecule has 2 heterocycles. The second-order valence-electron chi connectivity index (χ2n) is 10.3. The predicted molar refractivity (Wildman–Crippen MR) is 138 cm³/mol. The first-order valence-electron chi connectivity index (χ1n) is 13.5. The third-order valence-corrected chi connectivity index (χ3v) is 7.84. The van der Waals surface area contributed by atoms with Gasteiger partial charge in [-0.3, -0.25) is 9.69 Å². The van der Waals surface area contributed by atoms with E-state index in [9.17, 15) is 22.8 Å². The summed E-state index contributed by atoms with van der Waals surface area (Å²) >= 11 is 0. The molecule has 2 aromatic rings. The number of carbonyl (C=O) groups is 2. The molecule has 3 aliphatic rings. The standard InChI is InChI=1S/C29H33F3N2O6/c1-3-38-28(36)34-12-10-33(11-13-34)16-23-21-7-9-25(22(21)6-8-24(23)29(30,31)32)40-19-4-5-20-18(14-27(35)37-2)17-39-26(20)15-19/h4-6,8,15,18,25H,3,7,9-14,16-17H2,1-2H3/t18-,25-/m1/s1. The Balaban J connectivity index is 1.32. The molecule has 1 aliphatic carbocycles. The highest BCUT2D eigenvalue weighted by Crippen LogP contribution is 2.44. The van der Waals surface area contributed by atoms with Gasteiger partial charge in [-0.2, -0.15) is 13.2 Å². The van der Waals surface area contributed by atoms with Gasteiger partial charge in [0.15, 0.2) is 0 Å². The first-order valence-corrected chi connectivity index (χ1v) is 13.5. The molecule has 0 spiro atoms. The Hall–Kier alpha value is -3.47. The Morgan fingerprint density at radius 1 is 1.07 bits per heavy atom. The van der Waals surface area contributed by atoms with E-state index in [1.807, 2.05) is 17.0 Å². The Morgan fingerprint density at radius 2 is 1.82 bits per heavy atom. The summed E-state index contributed by atoms with van der Waals surface area (Å²) in [6, 6.07) is 8.15. The zero-order chi connectivity index (χ0) is 28.4. The minimum Gasteiger partial charge on any atom is -0.492 e. The Kier molecular flexibility index (Phi) is 8.11. The van der Waals surface area contributed by atoms with Gasteiger partial charge in [0, 0.05) is 50.3 Å². The number of piperazine rings is 1. The molecule has 8 nitrogen and oxygen atoms in total. The minimum atomic E-state index is -4.48.